The molecule has 1 heteroatoms. The molecule has 0 N–H and O–H groups in total. The van der Waals surface area contributed by atoms with Gasteiger partial charge in [0.15, 0.2) is 0 Å². The Morgan fingerprint density at radius 3 is 2.60 bits per heavy atom. The second kappa shape index (κ2) is 4.19. The molecule has 1 aliphatic rings. The first kappa shape index (κ1) is 10.4. The number of hydrogen-bond acceptors (Lipinski definition) is 0. The van der Waals surface area contributed by atoms with Crippen molar-refractivity contribution in [2.75, 3.05) is 0 Å². The molecule has 0 saturated carbocycles. The summed E-state index contributed by atoms with van der Waals surface area (Å²) in [4.78, 5) is 0. The predicted octanol–water partition coefficient (Wildman–Crippen LogP) is 2.33. The zero-order chi connectivity index (χ0) is 10.8. The molecule has 1 aromatic rings. The Morgan fingerprint density at radius 1 is 1.13 bits per heavy atom. The minimum atomic E-state index is -0.216. The molecule has 0 fully saturated rings. The molecule has 0 saturated heterocycles. The highest BCUT2D eigenvalue weighted by atomic mass is 28.2. The van der Waals surface area contributed by atoms with Gasteiger partial charge in [-0.2, -0.15) is 0 Å². The fourth-order valence-electron chi connectivity index (χ4n) is 2.10. The zero-order valence-corrected chi connectivity index (χ0v) is 11.2. The van der Waals surface area contributed by atoms with Crippen LogP contribution in [0, 0.1) is 13.8 Å². The first-order chi connectivity index (χ1) is 7.18. The Kier molecular flexibility index (Phi) is 2.92. The van der Waals surface area contributed by atoms with Crippen LogP contribution < -0.4 is 5.19 Å². The summed E-state index contributed by atoms with van der Waals surface area (Å²) in [6.45, 7) is 6.72. The molecule has 2 rings (SSSR count). The summed E-state index contributed by atoms with van der Waals surface area (Å²) in [7, 11) is -0.216. The Bertz CT molecular complexity index is 439. The molecule has 0 bridgehead atoms. The quantitative estimate of drug-likeness (QED) is 0.663. The van der Waals surface area contributed by atoms with Gasteiger partial charge in [-0.05, 0) is 38.3 Å². The SMILES string of the molecule is CC1=C([SiH2]c2cccc(C)c2C)CC=C1. The van der Waals surface area contributed by atoms with Crippen LogP contribution in [-0.2, 0) is 0 Å². The van der Waals surface area contributed by atoms with E-state index in [4.69, 9.17) is 0 Å². The Morgan fingerprint density at radius 2 is 1.93 bits per heavy atom. The summed E-state index contributed by atoms with van der Waals surface area (Å²) >= 11 is 0. The van der Waals surface area contributed by atoms with Gasteiger partial charge in [-0.1, -0.05) is 46.3 Å². The lowest BCUT2D eigenvalue weighted by Crippen LogP contribution is -2.20. The first-order valence-corrected chi connectivity index (χ1v) is 7.00. The molecule has 0 amide bonds. The molecule has 0 nitrogen and oxygen atoms in total. The van der Waals surface area contributed by atoms with E-state index in [-0.39, 0.29) is 9.52 Å². The highest BCUT2D eigenvalue weighted by Gasteiger charge is 2.09. The maximum absolute atomic E-state index is 2.31. The molecule has 0 unspecified atom stereocenters. The van der Waals surface area contributed by atoms with Gasteiger partial charge in [0.25, 0.3) is 0 Å². The standard InChI is InChI=1S/C14H18Si/c1-10-6-4-9-14(12(10)3)15-13-8-5-7-11(13)2/h4-7,9H,8,15H2,1-3H3. The lowest BCUT2D eigenvalue weighted by molar-refractivity contribution is 1.35. The van der Waals surface area contributed by atoms with Gasteiger partial charge in [0.1, 0.15) is 0 Å². The zero-order valence-electron chi connectivity index (χ0n) is 9.80. The van der Waals surface area contributed by atoms with Crippen LogP contribution in [-0.4, -0.2) is 9.52 Å². The second-order valence-corrected chi connectivity index (χ2v) is 6.40. The van der Waals surface area contributed by atoms with E-state index in [0.717, 1.165) is 0 Å². The van der Waals surface area contributed by atoms with Gasteiger partial charge in [0.2, 0.25) is 0 Å². The number of rotatable bonds is 2. The third-order valence-corrected chi connectivity index (χ3v) is 5.83. The van der Waals surface area contributed by atoms with E-state index >= 15 is 0 Å². The lowest BCUT2D eigenvalue weighted by atomic mass is 10.1. The van der Waals surface area contributed by atoms with Crippen molar-refractivity contribution in [2.45, 2.75) is 27.2 Å². The van der Waals surface area contributed by atoms with Crippen LogP contribution in [0.3, 0.4) is 0 Å². The molecular formula is C14H18Si. The van der Waals surface area contributed by atoms with Gasteiger partial charge >= 0.3 is 0 Å². The molecule has 0 aromatic heterocycles. The van der Waals surface area contributed by atoms with Gasteiger partial charge in [0.05, 0.1) is 9.52 Å². The van der Waals surface area contributed by atoms with Gasteiger partial charge in [0, 0.05) is 0 Å². The fraction of sp³-hybridized carbons (Fsp3) is 0.286. The van der Waals surface area contributed by atoms with E-state index in [9.17, 15) is 0 Å². The number of allylic oxidation sites excluding steroid dienone is 4. The van der Waals surface area contributed by atoms with Gasteiger partial charge in [-0.3, -0.25) is 0 Å². The molecule has 0 atom stereocenters. The fourth-order valence-corrected chi connectivity index (χ4v) is 4.07. The largest absolute Gasteiger partial charge is 0.0835 e. The number of hydrogen-bond donors (Lipinski definition) is 0. The van der Waals surface area contributed by atoms with E-state index < -0.39 is 0 Å². The smallest absolute Gasteiger partial charge is 0.0806 e. The van der Waals surface area contributed by atoms with E-state index in [1.54, 1.807) is 10.4 Å². The van der Waals surface area contributed by atoms with Crippen molar-refractivity contribution >= 4 is 14.7 Å². The molecule has 78 valence electrons. The van der Waals surface area contributed by atoms with Gasteiger partial charge in [-0.25, -0.2) is 0 Å². The van der Waals surface area contributed by atoms with Crippen molar-refractivity contribution < 1.29 is 0 Å². The van der Waals surface area contributed by atoms with Crippen LogP contribution in [0.4, 0.5) is 0 Å². The summed E-state index contributed by atoms with van der Waals surface area (Å²) in [5.41, 5.74) is 4.46. The van der Waals surface area contributed by atoms with Crippen LogP contribution in [0.25, 0.3) is 0 Å². The highest BCUT2D eigenvalue weighted by Crippen LogP contribution is 2.17. The normalized spacial score (nSPS) is 15.9. The molecule has 1 aromatic carbocycles. The van der Waals surface area contributed by atoms with Crippen LogP contribution in [0.15, 0.2) is 41.1 Å². The van der Waals surface area contributed by atoms with Crippen LogP contribution in [0.5, 0.6) is 0 Å². The topological polar surface area (TPSA) is 0 Å². The maximum Gasteiger partial charge on any atom is 0.0835 e. The summed E-state index contributed by atoms with van der Waals surface area (Å²) < 4.78 is 0. The van der Waals surface area contributed by atoms with E-state index in [1.165, 1.54) is 23.1 Å². The monoisotopic (exact) mass is 214 g/mol. The summed E-state index contributed by atoms with van der Waals surface area (Å²) in [6, 6.07) is 6.72. The lowest BCUT2D eigenvalue weighted by Gasteiger charge is -2.09. The summed E-state index contributed by atoms with van der Waals surface area (Å²) in [5.74, 6) is 0. The maximum atomic E-state index is 2.31. The Labute approximate surface area is 94.5 Å². The van der Waals surface area contributed by atoms with Gasteiger partial charge in [-0.15, -0.1) is 0 Å². The molecule has 0 heterocycles. The molecule has 0 aliphatic heterocycles. The van der Waals surface area contributed by atoms with Gasteiger partial charge < -0.3 is 0 Å². The van der Waals surface area contributed by atoms with Crippen LogP contribution in [0.2, 0.25) is 0 Å². The van der Waals surface area contributed by atoms with Crippen molar-refractivity contribution in [2.24, 2.45) is 0 Å². The van der Waals surface area contributed by atoms with Crippen LogP contribution in [0.1, 0.15) is 24.5 Å². The van der Waals surface area contributed by atoms with E-state index in [1.807, 2.05) is 0 Å². The molecule has 1 aliphatic carbocycles. The predicted molar refractivity (Wildman–Crippen MR) is 70.6 cm³/mol. The third-order valence-electron chi connectivity index (χ3n) is 3.41. The molecular weight excluding hydrogens is 196 g/mol. The Hall–Kier alpha value is -1.08. The second-order valence-electron chi connectivity index (χ2n) is 4.43. The first-order valence-electron chi connectivity index (χ1n) is 5.58. The van der Waals surface area contributed by atoms with Crippen molar-refractivity contribution in [3.63, 3.8) is 0 Å². The number of benzene rings is 1. The van der Waals surface area contributed by atoms with Crippen molar-refractivity contribution in [1.82, 2.24) is 0 Å². The van der Waals surface area contributed by atoms with Crippen LogP contribution >= 0.6 is 0 Å². The van der Waals surface area contributed by atoms with Crippen molar-refractivity contribution in [3.05, 3.63) is 52.2 Å². The Balaban J connectivity index is 2.26. The number of aryl methyl sites for hydroxylation is 1. The van der Waals surface area contributed by atoms with Crippen molar-refractivity contribution in [3.8, 4) is 0 Å². The summed E-state index contributed by atoms with van der Waals surface area (Å²) in [5, 5.41) is 3.33. The van der Waals surface area contributed by atoms with Crippen molar-refractivity contribution in [1.29, 1.82) is 0 Å². The minimum Gasteiger partial charge on any atom is -0.0806 e. The average Bonchev–Trinajstić information content (AvgIpc) is 2.60. The summed E-state index contributed by atoms with van der Waals surface area (Å²) in [6.07, 6.45) is 5.77. The third kappa shape index (κ3) is 2.12. The van der Waals surface area contributed by atoms with E-state index in [2.05, 4.69) is 51.1 Å². The van der Waals surface area contributed by atoms with E-state index in [0.29, 0.717) is 0 Å². The molecule has 15 heavy (non-hydrogen) atoms. The molecule has 0 spiro atoms. The minimum absolute atomic E-state index is 0.216. The highest BCUT2D eigenvalue weighted by molar-refractivity contribution is 6.61. The average molecular weight is 214 g/mol. The molecule has 0 radical (unpaired) electrons.